The standard InChI is InChI=1S/C12H17BrO2S/c1-8-6-9(13)11(10(7-8)14-5)15-16-12(2,3)4/h6-7H,1-5H3. The average Bonchev–Trinajstić information content (AvgIpc) is 2.13. The highest BCUT2D eigenvalue weighted by atomic mass is 79.9. The van der Waals surface area contributed by atoms with Crippen LogP contribution in [0.3, 0.4) is 0 Å². The summed E-state index contributed by atoms with van der Waals surface area (Å²) >= 11 is 4.91. The molecular formula is C12H17BrO2S. The van der Waals surface area contributed by atoms with Crippen LogP contribution < -0.4 is 8.92 Å². The molecule has 0 spiro atoms. The Labute approximate surface area is 110 Å². The van der Waals surface area contributed by atoms with Gasteiger partial charge in [0.15, 0.2) is 11.5 Å². The molecule has 16 heavy (non-hydrogen) atoms. The van der Waals surface area contributed by atoms with Gasteiger partial charge in [0.2, 0.25) is 0 Å². The molecule has 0 bridgehead atoms. The van der Waals surface area contributed by atoms with Crippen LogP contribution in [-0.4, -0.2) is 11.9 Å². The largest absolute Gasteiger partial charge is 0.493 e. The predicted molar refractivity (Wildman–Crippen MR) is 73.4 cm³/mol. The van der Waals surface area contributed by atoms with Crippen LogP contribution in [-0.2, 0) is 0 Å². The van der Waals surface area contributed by atoms with E-state index in [2.05, 4.69) is 36.7 Å². The van der Waals surface area contributed by atoms with E-state index in [1.54, 1.807) is 7.11 Å². The van der Waals surface area contributed by atoms with Crippen LogP contribution in [0.25, 0.3) is 0 Å². The Hall–Kier alpha value is -0.350. The monoisotopic (exact) mass is 304 g/mol. The predicted octanol–water partition coefficient (Wildman–Crippen LogP) is 4.59. The van der Waals surface area contributed by atoms with Gasteiger partial charge in [-0.2, -0.15) is 0 Å². The third-order valence-electron chi connectivity index (χ3n) is 1.75. The summed E-state index contributed by atoms with van der Waals surface area (Å²) in [4.78, 5) is 0. The summed E-state index contributed by atoms with van der Waals surface area (Å²) in [6.45, 7) is 8.33. The summed E-state index contributed by atoms with van der Waals surface area (Å²) in [5.74, 6) is 1.50. The van der Waals surface area contributed by atoms with Crippen LogP contribution >= 0.6 is 28.0 Å². The molecule has 0 aliphatic rings. The van der Waals surface area contributed by atoms with E-state index in [1.807, 2.05) is 19.1 Å². The van der Waals surface area contributed by atoms with Gasteiger partial charge in [-0.05, 0) is 61.3 Å². The zero-order valence-corrected chi connectivity index (χ0v) is 12.7. The number of aryl methyl sites for hydroxylation is 1. The summed E-state index contributed by atoms with van der Waals surface area (Å²) in [7, 11) is 1.65. The molecule has 1 aromatic carbocycles. The molecule has 1 rings (SSSR count). The molecule has 0 heterocycles. The zero-order valence-electron chi connectivity index (χ0n) is 10.3. The van der Waals surface area contributed by atoms with E-state index in [1.165, 1.54) is 12.0 Å². The van der Waals surface area contributed by atoms with Crippen LogP contribution in [0.1, 0.15) is 26.3 Å². The fraction of sp³-hybridized carbons (Fsp3) is 0.500. The highest BCUT2D eigenvalue weighted by Crippen LogP contribution is 2.40. The molecule has 0 N–H and O–H groups in total. The van der Waals surface area contributed by atoms with E-state index in [0.717, 1.165) is 21.5 Å². The molecule has 0 aliphatic heterocycles. The van der Waals surface area contributed by atoms with Crippen molar-refractivity contribution >= 4 is 28.0 Å². The Morgan fingerprint density at radius 2 is 1.88 bits per heavy atom. The molecule has 0 unspecified atom stereocenters. The fourth-order valence-corrected chi connectivity index (χ4v) is 2.35. The van der Waals surface area contributed by atoms with Crippen molar-refractivity contribution in [2.75, 3.05) is 7.11 Å². The third-order valence-corrected chi connectivity index (χ3v) is 3.09. The van der Waals surface area contributed by atoms with E-state index in [-0.39, 0.29) is 4.75 Å². The van der Waals surface area contributed by atoms with Gasteiger partial charge in [0, 0.05) is 4.75 Å². The van der Waals surface area contributed by atoms with Gasteiger partial charge in [0.05, 0.1) is 23.6 Å². The summed E-state index contributed by atoms with van der Waals surface area (Å²) in [6.07, 6.45) is 0. The number of halogens is 1. The summed E-state index contributed by atoms with van der Waals surface area (Å²) in [5.41, 5.74) is 1.14. The second-order valence-corrected chi connectivity index (χ2v) is 6.97. The molecule has 4 heteroatoms. The maximum atomic E-state index is 5.72. The van der Waals surface area contributed by atoms with Crippen molar-refractivity contribution in [1.29, 1.82) is 0 Å². The lowest BCUT2D eigenvalue weighted by atomic mass is 10.2. The minimum Gasteiger partial charge on any atom is -0.493 e. The van der Waals surface area contributed by atoms with Gasteiger partial charge >= 0.3 is 0 Å². The second kappa shape index (κ2) is 5.32. The van der Waals surface area contributed by atoms with Crippen molar-refractivity contribution in [3.63, 3.8) is 0 Å². The van der Waals surface area contributed by atoms with E-state index < -0.39 is 0 Å². The lowest BCUT2D eigenvalue weighted by molar-refractivity contribution is 0.397. The van der Waals surface area contributed by atoms with Crippen molar-refractivity contribution in [1.82, 2.24) is 0 Å². The van der Waals surface area contributed by atoms with Crippen LogP contribution in [0.2, 0.25) is 0 Å². The Morgan fingerprint density at radius 3 is 2.38 bits per heavy atom. The number of ether oxygens (including phenoxy) is 1. The summed E-state index contributed by atoms with van der Waals surface area (Å²) < 4.78 is 12.0. The van der Waals surface area contributed by atoms with Crippen molar-refractivity contribution < 1.29 is 8.92 Å². The zero-order chi connectivity index (χ0) is 12.3. The summed E-state index contributed by atoms with van der Waals surface area (Å²) in [6, 6.07) is 3.98. The molecule has 0 amide bonds. The van der Waals surface area contributed by atoms with Crippen LogP contribution in [0.4, 0.5) is 0 Å². The lowest BCUT2D eigenvalue weighted by Gasteiger charge is -2.19. The highest BCUT2D eigenvalue weighted by molar-refractivity contribution is 9.10. The van der Waals surface area contributed by atoms with E-state index in [4.69, 9.17) is 8.92 Å². The third kappa shape index (κ3) is 3.91. The first-order chi connectivity index (χ1) is 7.33. The molecular weight excluding hydrogens is 288 g/mol. The van der Waals surface area contributed by atoms with Gasteiger partial charge in [-0.1, -0.05) is 0 Å². The smallest absolute Gasteiger partial charge is 0.193 e. The van der Waals surface area contributed by atoms with Gasteiger partial charge in [-0.3, -0.25) is 0 Å². The maximum Gasteiger partial charge on any atom is 0.193 e. The molecule has 0 radical (unpaired) electrons. The van der Waals surface area contributed by atoms with Crippen LogP contribution in [0, 0.1) is 6.92 Å². The average molecular weight is 305 g/mol. The number of benzene rings is 1. The lowest BCUT2D eigenvalue weighted by Crippen LogP contribution is -2.09. The molecule has 0 aliphatic carbocycles. The molecule has 0 saturated heterocycles. The molecule has 0 saturated carbocycles. The molecule has 90 valence electrons. The SMILES string of the molecule is COc1cc(C)cc(Br)c1OSC(C)(C)C. The Balaban J connectivity index is 2.94. The van der Waals surface area contributed by atoms with Crippen molar-refractivity contribution in [2.45, 2.75) is 32.4 Å². The Bertz CT molecular complexity index is 372. The van der Waals surface area contributed by atoms with Crippen LogP contribution in [0.15, 0.2) is 16.6 Å². The minimum atomic E-state index is 0.0509. The molecule has 1 aromatic rings. The van der Waals surface area contributed by atoms with Crippen molar-refractivity contribution in [2.24, 2.45) is 0 Å². The normalized spacial score (nSPS) is 11.4. The Morgan fingerprint density at radius 1 is 1.25 bits per heavy atom. The number of methoxy groups -OCH3 is 1. The second-order valence-electron chi connectivity index (χ2n) is 4.56. The first-order valence-electron chi connectivity index (χ1n) is 5.03. The van der Waals surface area contributed by atoms with E-state index in [9.17, 15) is 0 Å². The maximum absolute atomic E-state index is 5.72. The summed E-state index contributed by atoms with van der Waals surface area (Å²) in [5, 5.41) is 0. The fourth-order valence-electron chi connectivity index (χ4n) is 1.10. The van der Waals surface area contributed by atoms with E-state index in [0.29, 0.717) is 0 Å². The molecule has 0 aromatic heterocycles. The number of hydrogen-bond acceptors (Lipinski definition) is 3. The highest BCUT2D eigenvalue weighted by Gasteiger charge is 2.17. The molecule has 2 nitrogen and oxygen atoms in total. The molecule has 0 fully saturated rings. The number of rotatable bonds is 3. The minimum absolute atomic E-state index is 0.0509. The quantitative estimate of drug-likeness (QED) is 0.761. The first-order valence-corrected chi connectivity index (χ1v) is 6.57. The van der Waals surface area contributed by atoms with Gasteiger partial charge in [0.1, 0.15) is 0 Å². The number of hydrogen-bond donors (Lipinski definition) is 0. The van der Waals surface area contributed by atoms with Gasteiger partial charge < -0.3 is 8.92 Å². The first kappa shape index (κ1) is 13.7. The topological polar surface area (TPSA) is 18.5 Å². The van der Waals surface area contributed by atoms with Crippen molar-refractivity contribution in [3.8, 4) is 11.5 Å². The van der Waals surface area contributed by atoms with Crippen LogP contribution in [0.5, 0.6) is 11.5 Å². The van der Waals surface area contributed by atoms with E-state index >= 15 is 0 Å². The van der Waals surface area contributed by atoms with Gasteiger partial charge in [-0.15, -0.1) is 0 Å². The molecule has 0 atom stereocenters. The van der Waals surface area contributed by atoms with Gasteiger partial charge in [0.25, 0.3) is 0 Å². The van der Waals surface area contributed by atoms with Gasteiger partial charge in [-0.25, -0.2) is 0 Å². The van der Waals surface area contributed by atoms with Crippen molar-refractivity contribution in [3.05, 3.63) is 22.2 Å². The Kier molecular flexibility index (Phi) is 4.56.